The topological polar surface area (TPSA) is 16.4 Å². The summed E-state index contributed by atoms with van der Waals surface area (Å²) in [5.41, 5.74) is 14.4. The molecule has 10 aromatic carbocycles. The fourth-order valence-corrected chi connectivity index (χ4v) is 10.2. The van der Waals surface area contributed by atoms with Gasteiger partial charge in [0.2, 0.25) is 0 Å². The van der Waals surface area contributed by atoms with E-state index in [0.717, 1.165) is 61.3 Å². The number of nitrogens with zero attached hydrogens (tertiary/aromatic N) is 1. The van der Waals surface area contributed by atoms with Crippen molar-refractivity contribution in [2.45, 2.75) is 0 Å². The van der Waals surface area contributed by atoms with Gasteiger partial charge in [0.25, 0.3) is 0 Å². The van der Waals surface area contributed by atoms with Crippen molar-refractivity contribution < 1.29 is 4.42 Å². The Kier molecular flexibility index (Phi) is 8.39. The SMILES string of the molecule is c1ccc(-c2ccc(N(c3ccc(-c4cccc5sc6ccccc6c45)cc3)c3ccc(-c4ccc5c(c4)oc4cc6ccccc6cc45)cc3-c3ccccc3)cc2)cc1. The molecule has 0 unspecified atom stereocenters. The monoisotopic (exact) mass is 795 g/mol. The van der Waals surface area contributed by atoms with Gasteiger partial charge in [-0.15, -0.1) is 11.3 Å². The van der Waals surface area contributed by atoms with Gasteiger partial charge in [0.15, 0.2) is 0 Å². The van der Waals surface area contributed by atoms with E-state index in [0.29, 0.717) is 0 Å². The second-order valence-electron chi connectivity index (χ2n) is 15.7. The number of anilines is 3. The summed E-state index contributed by atoms with van der Waals surface area (Å²) >= 11 is 1.86. The maximum absolute atomic E-state index is 6.53. The summed E-state index contributed by atoms with van der Waals surface area (Å²) in [4.78, 5) is 2.40. The molecule has 12 aromatic rings. The predicted molar refractivity (Wildman–Crippen MR) is 261 cm³/mol. The van der Waals surface area contributed by atoms with Crippen LogP contribution >= 0.6 is 11.3 Å². The third-order valence-corrected chi connectivity index (χ3v) is 13.2. The Labute approximate surface area is 357 Å². The average molecular weight is 796 g/mol. The van der Waals surface area contributed by atoms with E-state index in [9.17, 15) is 0 Å². The molecule has 0 fully saturated rings. The van der Waals surface area contributed by atoms with Crippen molar-refractivity contribution in [2.24, 2.45) is 0 Å². The van der Waals surface area contributed by atoms with Crippen LogP contribution in [0.1, 0.15) is 0 Å². The molecular formula is C58H37NOS. The van der Waals surface area contributed by atoms with Crippen LogP contribution in [0.3, 0.4) is 0 Å². The quantitative estimate of drug-likeness (QED) is 0.160. The summed E-state index contributed by atoms with van der Waals surface area (Å²) in [5.74, 6) is 0. The number of furan rings is 1. The van der Waals surface area contributed by atoms with Crippen LogP contribution < -0.4 is 4.90 Å². The zero-order valence-corrected chi connectivity index (χ0v) is 33.9. The van der Waals surface area contributed by atoms with Crippen LogP contribution in [0, 0.1) is 0 Å². The van der Waals surface area contributed by atoms with Gasteiger partial charge in [-0.1, -0.05) is 152 Å². The van der Waals surface area contributed by atoms with E-state index in [-0.39, 0.29) is 0 Å². The second-order valence-corrected chi connectivity index (χ2v) is 16.8. The first kappa shape index (κ1) is 35.2. The number of fused-ring (bicyclic) bond motifs is 7. The lowest BCUT2D eigenvalue weighted by Gasteiger charge is -2.29. The van der Waals surface area contributed by atoms with Crippen molar-refractivity contribution in [3.63, 3.8) is 0 Å². The molecule has 0 saturated heterocycles. The van der Waals surface area contributed by atoms with E-state index in [1.165, 1.54) is 53.2 Å². The standard InChI is InChI=1S/C58H37NOS/c1-3-12-38(13-4-1)39-22-28-46(29-23-39)59(47-30-24-41(25-31-47)48-19-11-21-57-58(48)50-18-9-10-20-56(50)61-57)53-33-27-44(34-51(53)40-14-5-2-6-15-40)45-26-32-49-52-35-42-16-7-8-17-43(42)36-55(52)60-54(49)37-45/h1-37H. The first-order chi connectivity index (χ1) is 30.2. The van der Waals surface area contributed by atoms with Crippen molar-refractivity contribution in [3.8, 4) is 44.5 Å². The molecule has 0 aliphatic heterocycles. The molecule has 0 spiro atoms. The molecule has 286 valence electrons. The molecule has 0 bridgehead atoms. The van der Waals surface area contributed by atoms with Crippen LogP contribution in [-0.2, 0) is 0 Å². The Morgan fingerprint density at radius 3 is 1.66 bits per heavy atom. The van der Waals surface area contributed by atoms with E-state index in [4.69, 9.17) is 4.42 Å². The van der Waals surface area contributed by atoms with Crippen LogP contribution in [0.25, 0.3) is 97.4 Å². The molecule has 3 heteroatoms. The fourth-order valence-electron chi connectivity index (χ4n) is 9.07. The van der Waals surface area contributed by atoms with Gasteiger partial charge >= 0.3 is 0 Å². The van der Waals surface area contributed by atoms with Gasteiger partial charge in [-0.05, 0) is 123 Å². The largest absolute Gasteiger partial charge is 0.456 e. The third kappa shape index (κ3) is 6.18. The van der Waals surface area contributed by atoms with E-state index in [1.54, 1.807) is 0 Å². The molecule has 0 amide bonds. The van der Waals surface area contributed by atoms with Crippen molar-refractivity contribution in [1.29, 1.82) is 0 Å². The first-order valence-electron chi connectivity index (χ1n) is 20.7. The number of hydrogen-bond donors (Lipinski definition) is 0. The second kappa shape index (κ2) is 14.5. The minimum absolute atomic E-state index is 0.888. The molecule has 0 saturated carbocycles. The molecule has 2 aromatic heterocycles. The van der Waals surface area contributed by atoms with Crippen molar-refractivity contribution >= 4 is 81.3 Å². The maximum atomic E-state index is 6.53. The Bertz CT molecular complexity index is 3570. The molecule has 12 rings (SSSR count). The molecule has 0 aliphatic carbocycles. The van der Waals surface area contributed by atoms with Crippen LogP contribution in [0.2, 0.25) is 0 Å². The fraction of sp³-hybridized carbons (Fsp3) is 0. The Balaban J connectivity index is 1.00. The number of benzene rings is 10. The molecule has 0 radical (unpaired) electrons. The van der Waals surface area contributed by atoms with Crippen LogP contribution in [0.4, 0.5) is 17.1 Å². The predicted octanol–water partition coefficient (Wildman–Crippen LogP) is 17.2. The van der Waals surface area contributed by atoms with Gasteiger partial charge in [0, 0.05) is 47.9 Å². The highest BCUT2D eigenvalue weighted by atomic mass is 32.1. The summed E-state index contributed by atoms with van der Waals surface area (Å²) in [6, 6.07) is 81.2. The molecule has 0 aliphatic rings. The Morgan fingerprint density at radius 2 is 0.885 bits per heavy atom. The van der Waals surface area contributed by atoms with Gasteiger partial charge in [-0.2, -0.15) is 0 Å². The molecule has 0 atom stereocenters. The highest BCUT2D eigenvalue weighted by molar-refractivity contribution is 7.25. The number of thiophene rings is 1. The number of hydrogen-bond acceptors (Lipinski definition) is 3. The zero-order chi connectivity index (χ0) is 40.3. The van der Waals surface area contributed by atoms with Gasteiger partial charge < -0.3 is 9.32 Å². The Morgan fingerprint density at radius 1 is 0.328 bits per heavy atom. The summed E-state index contributed by atoms with van der Waals surface area (Å²) in [5, 5.41) is 7.29. The van der Waals surface area contributed by atoms with Crippen molar-refractivity contribution in [3.05, 3.63) is 224 Å². The third-order valence-electron chi connectivity index (χ3n) is 12.1. The smallest absolute Gasteiger partial charge is 0.136 e. The summed E-state index contributed by atoms with van der Waals surface area (Å²) < 4.78 is 9.15. The van der Waals surface area contributed by atoms with Gasteiger partial charge in [-0.25, -0.2) is 0 Å². The van der Waals surface area contributed by atoms with Crippen molar-refractivity contribution in [2.75, 3.05) is 4.90 Å². The van der Waals surface area contributed by atoms with E-state index >= 15 is 0 Å². The summed E-state index contributed by atoms with van der Waals surface area (Å²) in [6.45, 7) is 0. The molecule has 2 nitrogen and oxygen atoms in total. The highest BCUT2D eigenvalue weighted by Gasteiger charge is 2.20. The van der Waals surface area contributed by atoms with E-state index < -0.39 is 0 Å². The lowest BCUT2D eigenvalue weighted by Crippen LogP contribution is -2.11. The van der Waals surface area contributed by atoms with Gasteiger partial charge in [0.05, 0.1) is 5.69 Å². The lowest BCUT2D eigenvalue weighted by molar-refractivity contribution is 0.669. The normalized spacial score (nSPS) is 11.6. The minimum Gasteiger partial charge on any atom is -0.456 e. The van der Waals surface area contributed by atoms with Gasteiger partial charge in [0.1, 0.15) is 11.2 Å². The minimum atomic E-state index is 0.888. The first-order valence-corrected chi connectivity index (χ1v) is 21.5. The van der Waals surface area contributed by atoms with Crippen LogP contribution in [-0.4, -0.2) is 0 Å². The van der Waals surface area contributed by atoms with E-state index in [2.05, 4.69) is 229 Å². The molecule has 0 N–H and O–H groups in total. The molecular weight excluding hydrogens is 759 g/mol. The summed E-state index contributed by atoms with van der Waals surface area (Å²) in [6.07, 6.45) is 0. The van der Waals surface area contributed by atoms with E-state index in [1.807, 2.05) is 11.3 Å². The lowest BCUT2D eigenvalue weighted by atomic mass is 9.95. The van der Waals surface area contributed by atoms with Crippen LogP contribution in [0.15, 0.2) is 229 Å². The highest BCUT2D eigenvalue weighted by Crippen LogP contribution is 2.45. The summed E-state index contributed by atoms with van der Waals surface area (Å²) in [7, 11) is 0. The Hall–Kier alpha value is -7.72. The number of rotatable bonds is 7. The maximum Gasteiger partial charge on any atom is 0.136 e. The van der Waals surface area contributed by atoms with Crippen molar-refractivity contribution in [1.82, 2.24) is 0 Å². The average Bonchev–Trinajstić information content (AvgIpc) is 3.89. The van der Waals surface area contributed by atoms with Gasteiger partial charge in [-0.3, -0.25) is 0 Å². The van der Waals surface area contributed by atoms with Crippen LogP contribution in [0.5, 0.6) is 0 Å². The zero-order valence-electron chi connectivity index (χ0n) is 33.1. The molecule has 61 heavy (non-hydrogen) atoms. The molecule has 2 heterocycles.